The number of likely N-dealkylation sites (tertiary alicyclic amines) is 1. The first-order valence-corrected chi connectivity index (χ1v) is 8.66. The quantitative estimate of drug-likeness (QED) is 0.770. The maximum absolute atomic E-state index is 14.4. The summed E-state index contributed by atoms with van der Waals surface area (Å²) in [6.07, 6.45) is 3.60. The van der Waals surface area contributed by atoms with E-state index in [1.54, 1.807) is 0 Å². The average Bonchev–Trinajstić information content (AvgIpc) is 2.93. The van der Waals surface area contributed by atoms with Crippen LogP contribution in [0.15, 0.2) is 6.20 Å². The molecule has 0 N–H and O–H groups in total. The van der Waals surface area contributed by atoms with Gasteiger partial charge in [-0.1, -0.05) is 11.6 Å². The van der Waals surface area contributed by atoms with E-state index >= 15 is 0 Å². The van der Waals surface area contributed by atoms with Crippen molar-refractivity contribution >= 4 is 22.5 Å². The number of ether oxygens (including phenoxy) is 2. The van der Waals surface area contributed by atoms with Gasteiger partial charge in [0.25, 0.3) is 0 Å². The number of halogens is 2. The van der Waals surface area contributed by atoms with Crippen LogP contribution in [-0.2, 0) is 0 Å². The molecule has 0 saturated carbocycles. The zero-order chi connectivity index (χ0) is 18.2. The first-order chi connectivity index (χ1) is 11.7. The molecule has 0 amide bonds. The molecule has 2 aromatic rings. The molecule has 1 unspecified atom stereocenters. The zero-order valence-corrected chi connectivity index (χ0v) is 15.6. The molecule has 0 radical (unpaired) electrons. The maximum atomic E-state index is 14.4. The molecule has 0 spiro atoms. The molecule has 8 heteroatoms. The van der Waals surface area contributed by atoms with Gasteiger partial charge in [0.05, 0.1) is 5.39 Å². The third-order valence-electron chi connectivity index (χ3n) is 4.07. The zero-order valence-electron chi connectivity index (χ0n) is 14.8. The van der Waals surface area contributed by atoms with Crippen LogP contribution in [0.25, 0.3) is 10.9 Å². The van der Waals surface area contributed by atoms with E-state index in [1.807, 2.05) is 20.8 Å². The van der Waals surface area contributed by atoms with Gasteiger partial charge in [0.15, 0.2) is 11.0 Å². The molecule has 0 bridgehead atoms. The van der Waals surface area contributed by atoms with E-state index in [4.69, 9.17) is 21.1 Å². The minimum absolute atomic E-state index is 0.0454. The summed E-state index contributed by atoms with van der Waals surface area (Å²) >= 11 is 5.79. The summed E-state index contributed by atoms with van der Waals surface area (Å²) in [6, 6.07) is 0.380. The van der Waals surface area contributed by atoms with Crippen LogP contribution in [0.5, 0.6) is 11.9 Å². The molecule has 1 saturated heterocycles. The fraction of sp³-hybridized carbons (Fsp3) is 0.588. The molecule has 0 aromatic carbocycles. The summed E-state index contributed by atoms with van der Waals surface area (Å²) < 4.78 is 26.0. The minimum Gasteiger partial charge on any atom is -0.471 e. The monoisotopic (exact) mass is 368 g/mol. The molecule has 25 heavy (non-hydrogen) atoms. The lowest BCUT2D eigenvalue weighted by Crippen LogP contribution is -2.31. The van der Waals surface area contributed by atoms with Gasteiger partial charge < -0.3 is 14.4 Å². The van der Waals surface area contributed by atoms with Crippen molar-refractivity contribution in [3.63, 3.8) is 0 Å². The van der Waals surface area contributed by atoms with Crippen molar-refractivity contribution in [1.82, 2.24) is 19.9 Å². The average molecular weight is 369 g/mol. The normalized spacial score (nSPS) is 18.7. The Balaban J connectivity index is 1.96. The molecule has 1 atom stereocenters. The summed E-state index contributed by atoms with van der Waals surface area (Å²) in [7, 11) is 2.06. The van der Waals surface area contributed by atoms with Gasteiger partial charge >= 0.3 is 6.01 Å². The highest BCUT2D eigenvalue weighted by Crippen LogP contribution is 2.31. The topological polar surface area (TPSA) is 60.4 Å². The Morgan fingerprint density at radius 1 is 1.36 bits per heavy atom. The molecule has 1 fully saturated rings. The molecule has 2 aromatic heterocycles. The van der Waals surface area contributed by atoms with Gasteiger partial charge in [-0.3, -0.25) is 0 Å². The number of rotatable bonds is 4. The third-order valence-corrected chi connectivity index (χ3v) is 4.33. The molecule has 6 nitrogen and oxygen atoms in total. The number of pyridine rings is 1. The van der Waals surface area contributed by atoms with E-state index < -0.39 is 11.4 Å². The van der Waals surface area contributed by atoms with Gasteiger partial charge in [0, 0.05) is 12.2 Å². The second-order valence-electron chi connectivity index (χ2n) is 7.24. The lowest BCUT2D eigenvalue weighted by molar-refractivity contribution is 0.123. The SMILES string of the molecule is CN1CCCC1COc1nc(OC(C)(C)C)c2cnc(Cl)c(F)c2n1. The summed E-state index contributed by atoms with van der Waals surface area (Å²) in [5.41, 5.74) is -0.468. The number of nitrogens with zero attached hydrogens (tertiary/aromatic N) is 4. The number of fused-ring (bicyclic) bond motifs is 1. The van der Waals surface area contributed by atoms with E-state index in [9.17, 15) is 4.39 Å². The summed E-state index contributed by atoms with van der Waals surface area (Å²) in [5, 5.41) is 0.122. The molecular formula is C17H22ClFN4O2. The van der Waals surface area contributed by atoms with E-state index in [0.717, 1.165) is 19.4 Å². The van der Waals surface area contributed by atoms with Gasteiger partial charge in [0.1, 0.15) is 17.7 Å². The fourth-order valence-corrected chi connectivity index (χ4v) is 2.92. The molecule has 3 heterocycles. The molecule has 1 aliphatic rings. The van der Waals surface area contributed by atoms with Gasteiger partial charge in [-0.2, -0.15) is 9.97 Å². The van der Waals surface area contributed by atoms with Crippen LogP contribution in [0.2, 0.25) is 5.15 Å². The number of hydrogen-bond donors (Lipinski definition) is 0. The lowest BCUT2D eigenvalue weighted by atomic mass is 10.2. The first-order valence-electron chi connectivity index (χ1n) is 8.28. The largest absolute Gasteiger partial charge is 0.471 e. The highest BCUT2D eigenvalue weighted by molar-refractivity contribution is 6.30. The van der Waals surface area contributed by atoms with Crippen molar-refractivity contribution in [2.24, 2.45) is 0 Å². The number of aromatic nitrogens is 3. The van der Waals surface area contributed by atoms with E-state index in [0.29, 0.717) is 18.0 Å². The third kappa shape index (κ3) is 4.10. The second-order valence-corrected chi connectivity index (χ2v) is 7.60. The highest BCUT2D eigenvalue weighted by Gasteiger charge is 2.24. The summed E-state index contributed by atoms with van der Waals surface area (Å²) in [4.78, 5) is 14.6. The predicted molar refractivity (Wildman–Crippen MR) is 93.8 cm³/mol. The molecule has 0 aliphatic carbocycles. The van der Waals surface area contributed by atoms with Crippen molar-refractivity contribution in [3.05, 3.63) is 17.2 Å². The number of likely N-dealkylation sites (N-methyl/N-ethyl adjacent to an activating group) is 1. The highest BCUT2D eigenvalue weighted by atomic mass is 35.5. The van der Waals surface area contributed by atoms with Crippen molar-refractivity contribution in [2.75, 3.05) is 20.2 Å². The Labute approximate surface area is 151 Å². The Kier molecular flexibility index (Phi) is 4.97. The molecule has 3 rings (SSSR count). The fourth-order valence-electron chi connectivity index (χ4n) is 2.78. The Morgan fingerprint density at radius 2 is 2.12 bits per heavy atom. The van der Waals surface area contributed by atoms with Crippen molar-refractivity contribution < 1.29 is 13.9 Å². The van der Waals surface area contributed by atoms with Crippen LogP contribution in [0.3, 0.4) is 0 Å². The lowest BCUT2D eigenvalue weighted by Gasteiger charge is -2.22. The molecule has 1 aliphatic heterocycles. The minimum atomic E-state index is -0.705. The molecule has 136 valence electrons. The van der Waals surface area contributed by atoms with Crippen molar-refractivity contribution in [2.45, 2.75) is 45.3 Å². The van der Waals surface area contributed by atoms with Gasteiger partial charge in [0.2, 0.25) is 5.88 Å². The first kappa shape index (κ1) is 18.1. The van der Waals surface area contributed by atoms with Crippen molar-refractivity contribution in [1.29, 1.82) is 0 Å². The second kappa shape index (κ2) is 6.88. The summed E-state index contributed by atoms with van der Waals surface area (Å²) in [5.74, 6) is -0.474. The van der Waals surface area contributed by atoms with Crippen LogP contribution >= 0.6 is 11.6 Å². The number of hydrogen-bond acceptors (Lipinski definition) is 6. The van der Waals surface area contributed by atoms with Crippen LogP contribution in [0.1, 0.15) is 33.6 Å². The van der Waals surface area contributed by atoms with E-state index in [-0.39, 0.29) is 22.6 Å². The van der Waals surface area contributed by atoms with Crippen LogP contribution in [-0.4, -0.2) is 51.7 Å². The van der Waals surface area contributed by atoms with E-state index in [2.05, 4.69) is 26.9 Å². The Bertz CT molecular complexity index is 781. The molecular weight excluding hydrogens is 347 g/mol. The Morgan fingerprint density at radius 3 is 2.76 bits per heavy atom. The predicted octanol–water partition coefficient (Wildman–Crippen LogP) is 3.47. The van der Waals surface area contributed by atoms with Crippen molar-refractivity contribution in [3.8, 4) is 11.9 Å². The Hall–Kier alpha value is -1.73. The summed E-state index contributed by atoms with van der Waals surface area (Å²) in [6.45, 7) is 7.14. The van der Waals surface area contributed by atoms with E-state index in [1.165, 1.54) is 6.20 Å². The van der Waals surface area contributed by atoms with Crippen LogP contribution in [0, 0.1) is 5.82 Å². The standard InChI is InChI=1S/C17H22ClFN4O2/c1-17(2,3)25-15-11-8-20-14(18)12(19)13(11)21-16(22-15)24-9-10-6-5-7-23(10)4/h8,10H,5-7,9H2,1-4H3. The van der Waals surface area contributed by atoms with Gasteiger partial charge in [-0.25, -0.2) is 9.37 Å². The smallest absolute Gasteiger partial charge is 0.320 e. The van der Waals surface area contributed by atoms with Crippen LogP contribution < -0.4 is 9.47 Å². The van der Waals surface area contributed by atoms with Gasteiger partial charge in [-0.05, 0) is 47.2 Å². The van der Waals surface area contributed by atoms with Gasteiger partial charge in [-0.15, -0.1) is 0 Å². The maximum Gasteiger partial charge on any atom is 0.320 e. The van der Waals surface area contributed by atoms with Crippen LogP contribution in [0.4, 0.5) is 4.39 Å².